The van der Waals surface area contributed by atoms with Crippen molar-refractivity contribution in [2.45, 2.75) is 45.4 Å². The maximum atomic E-state index is 12.3. The van der Waals surface area contributed by atoms with E-state index in [2.05, 4.69) is 27.9 Å². The second kappa shape index (κ2) is 9.74. The third kappa shape index (κ3) is 4.24. The van der Waals surface area contributed by atoms with Crippen LogP contribution in [-0.2, 0) is 29.1 Å². The van der Waals surface area contributed by atoms with E-state index in [0.29, 0.717) is 19.2 Å². The van der Waals surface area contributed by atoms with Crippen molar-refractivity contribution in [2.24, 2.45) is 0 Å². The molecule has 1 saturated heterocycles. The van der Waals surface area contributed by atoms with Gasteiger partial charge in [0.1, 0.15) is 12.4 Å². The number of carbonyl (C=O) groups excluding carboxylic acids is 1. The van der Waals surface area contributed by atoms with Crippen molar-refractivity contribution in [1.29, 1.82) is 0 Å². The monoisotopic (exact) mass is 482 g/mol. The minimum atomic E-state index is 0.0987. The molecule has 0 radical (unpaired) electrons. The molecular formula is C29H30N4O3. The van der Waals surface area contributed by atoms with Crippen molar-refractivity contribution < 1.29 is 14.3 Å². The van der Waals surface area contributed by atoms with E-state index in [-0.39, 0.29) is 5.91 Å². The molecule has 4 aromatic rings. The molecule has 2 aliphatic rings. The smallest absolute Gasteiger partial charge is 0.219 e. The van der Waals surface area contributed by atoms with Crippen molar-refractivity contribution in [3.63, 3.8) is 0 Å². The number of benzene rings is 2. The number of aromatic nitrogens is 3. The van der Waals surface area contributed by atoms with Crippen molar-refractivity contribution in [3.8, 4) is 17.0 Å². The van der Waals surface area contributed by atoms with Crippen molar-refractivity contribution >= 4 is 16.7 Å². The molecule has 0 saturated carbocycles. The Balaban J connectivity index is 1.43. The van der Waals surface area contributed by atoms with Gasteiger partial charge in [0.25, 0.3) is 0 Å². The molecule has 0 atom stereocenters. The normalized spacial score (nSPS) is 16.2. The third-order valence-electron chi connectivity index (χ3n) is 7.34. The van der Waals surface area contributed by atoms with Crippen LogP contribution in [-0.4, -0.2) is 45.3 Å². The quantitative estimate of drug-likeness (QED) is 0.403. The third-order valence-corrected chi connectivity index (χ3v) is 7.34. The summed E-state index contributed by atoms with van der Waals surface area (Å²) in [5.74, 6) is 0.921. The predicted octanol–water partition coefficient (Wildman–Crippen LogP) is 4.93. The molecule has 0 bridgehead atoms. The Morgan fingerprint density at radius 3 is 2.72 bits per heavy atom. The number of nitrogens with zero attached hydrogens (tertiary/aromatic N) is 4. The number of hydrogen-bond acceptors (Lipinski definition) is 5. The molecule has 7 heteroatoms. The van der Waals surface area contributed by atoms with Crippen LogP contribution in [0.3, 0.4) is 0 Å². The van der Waals surface area contributed by atoms with E-state index in [4.69, 9.17) is 14.6 Å². The number of fused-ring (bicyclic) bond motifs is 2. The van der Waals surface area contributed by atoms with Crippen LogP contribution in [0.2, 0.25) is 0 Å². The Kier molecular flexibility index (Phi) is 6.15. The Labute approximate surface area is 210 Å². The summed E-state index contributed by atoms with van der Waals surface area (Å²) in [4.78, 5) is 18.6. The van der Waals surface area contributed by atoms with Gasteiger partial charge in [0.15, 0.2) is 0 Å². The summed E-state index contributed by atoms with van der Waals surface area (Å²) in [5, 5.41) is 7.22. The first-order valence-corrected chi connectivity index (χ1v) is 12.7. The van der Waals surface area contributed by atoms with E-state index in [9.17, 15) is 4.79 Å². The second-order valence-corrected chi connectivity index (χ2v) is 9.56. The van der Waals surface area contributed by atoms with Gasteiger partial charge in [0, 0.05) is 79.6 Å². The summed E-state index contributed by atoms with van der Waals surface area (Å²) in [6, 6.07) is 16.6. The summed E-state index contributed by atoms with van der Waals surface area (Å²) >= 11 is 0. The molecule has 0 spiro atoms. The van der Waals surface area contributed by atoms with Gasteiger partial charge in [-0.05, 0) is 36.6 Å². The van der Waals surface area contributed by atoms with E-state index in [0.717, 1.165) is 77.9 Å². The zero-order chi connectivity index (χ0) is 24.5. The fourth-order valence-electron chi connectivity index (χ4n) is 5.39. The average Bonchev–Trinajstić information content (AvgIpc) is 3.31. The van der Waals surface area contributed by atoms with Crippen LogP contribution < -0.4 is 4.74 Å². The Morgan fingerprint density at radius 1 is 1.08 bits per heavy atom. The van der Waals surface area contributed by atoms with Gasteiger partial charge in [-0.1, -0.05) is 30.3 Å². The number of ether oxygens (including phenoxy) is 2. The summed E-state index contributed by atoms with van der Waals surface area (Å²) < 4.78 is 14.1. The Morgan fingerprint density at radius 2 is 1.92 bits per heavy atom. The first-order valence-electron chi connectivity index (χ1n) is 12.7. The van der Waals surface area contributed by atoms with E-state index in [1.54, 1.807) is 13.1 Å². The second-order valence-electron chi connectivity index (χ2n) is 9.56. The predicted molar refractivity (Wildman–Crippen MR) is 138 cm³/mol. The highest BCUT2D eigenvalue weighted by Gasteiger charge is 2.30. The summed E-state index contributed by atoms with van der Waals surface area (Å²) in [5.41, 5.74) is 5.48. The largest absolute Gasteiger partial charge is 0.488 e. The maximum Gasteiger partial charge on any atom is 0.219 e. The fourth-order valence-corrected chi connectivity index (χ4v) is 5.39. The highest BCUT2D eigenvalue weighted by atomic mass is 16.5. The van der Waals surface area contributed by atoms with Crippen LogP contribution in [0.15, 0.2) is 60.9 Å². The molecule has 36 heavy (non-hydrogen) atoms. The fraction of sp³-hybridized carbons (Fsp3) is 0.345. The molecule has 1 amide bonds. The molecule has 7 nitrogen and oxygen atoms in total. The van der Waals surface area contributed by atoms with Gasteiger partial charge in [0.05, 0.1) is 11.7 Å². The minimum Gasteiger partial charge on any atom is -0.488 e. The van der Waals surface area contributed by atoms with Crippen LogP contribution in [0.5, 0.6) is 5.75 Å². The van der Waals surface area contributed by atoms with E-state index in [1.165, 1.54) is 5.69 Å². The van der Waals surface area contributed by atoms with Crippen LogP contribution in [0.25, 0.3) is 22.0 Å². The summed E-state index contributed by atoms with van der Waals surface area (Å²) in [6.45, 7) is 4.97. The lowest BCUT2D eigenvalue weighted by molar-refractivity contribution is -0.129. The van der Waals surface area contributed by atoms with E-state index in [1.807, 2.05) is 41.4 Å². The van der Waals surface area contributed by atoms with Gasteiger partial charge < -0.3 is 14.4 Å². The SMILES string of the molecule is CC(=O)N1CCc2c(c(-c3ccc(OCc4ccccc4)c4ccncc34)nn2C2CCOCC2)C1. The van der Waals surface area contributed by atoms with Crippen LogP contribution >= 0.6 is 0 Å². The topological polar surface area (TPSA) is 69.5 Å². The zero-order valence-corrected chi connectivity index (χ0v) is 20.5. The summed E-state index contributed by atoms with van der Waals surface area (Å²) in [7, 11) is 0. The number of carbonyl (C=O) groups is 1. The molecule has 2 aliphatic heterocycles. The van der Waals surface area contributed by atoms with Crippen LogP contribution in [0.4, 0.5) is 0 Å². The molecule has 2 aromatic carbocycles. The van der Waals surface area contributed by atoms with E-state index < -0.39 is 0 Å². The average molecular weight is 483 g/mol. The van der Waals surface area contributed by atoms with Gasteiger partial charge in [-0.3, -0.25) is 14.5 Å². The minimum absolute atomic E-state index is 0.0987. The molecule has 184 valence electrons. The maximum absolute atomic E-state index is 12.3. The van der Waals surface area contributed by atoms with Crippen LogP contribution in [0, 0.1) is 0 Å². The lowest BCUT2D eigenvalue weighted by Gasteiger charge is -2.29. The first-order chi connectivity index (χ1) is 17.7. The van der Waals surface area contributed by atoms with Gasteiger partial charge >= 0.3 is 0 Å². The van der Waals surface area contributed by atoms with Gasteiger partial charge in [-0.25, -0.2) is 0 Å². The van der Waals surface area contributed by atoms with Crippen molar-refractivity contribution in [1.82, 2.24) is 19.7 Å². The highest BCUT2D eigenvalue weighted by Crippen LogP contribution is 2.39. The molecule has 2 aromatic heterocycles. The van der Waals surface area contributed by atoms with Gasteiger partial charge in [0.2, 0.25) is 5.91 Å². The molecule has 0 aliphatic carbocycles. The molecule has 0 N–H and O–H groups in total. The highest BCUT2D eigenvalue weighted by molar-refractivity contribution is 5.99. The molecule has 1 fully saturated rings. The van der Waals surface area contributed by atoms with Gasteiger partial charge in [-0.15, -0.1) is 0 Å². The van der Waals surface area contributed by atoms with Gasteiger partial charge in [-0.2, -0.15) is 5.10 Å². The number of rotatable bonds is 5. The van der Waals surface area contributed by atoms with Crippen LogP contribution in [0.1, 0.15) is 42.6 Å². The summed E-state index contributed by atoms with van der Waals surface area (Å²) in [6.07, 6.45) is 6.42. The van der Waals surface area contributed by atoms with E-state index >= 15 is 0 Å². The zero-order valence-electron chi connectivity index (χ0n) is 20.5. The Bertz CT molecular complexity index is 1390. The number of hydrogen-bond donors (Lipinski definition) is 0. The number of pyridine rings is 1. The lowest BCUT2D eigenvalue weighted by Crippen LogP contribution is -2.35. The lowest BCUT2D eigenvalue weighted by atomic mass is 9.97. The standard InChI is InChI=1S/C29H30N4O3/c1-20(34)32-14-10-27-26(18-32)29(31-33(27)22-11-15-35-16-12-22)24-7-8-28(23-9-13-30-17-25(23)24)36-19-21-5-3-2-4-6-21/h2-9,13,17,22H,10-12,14-16,18-19H2,1H3. The van der Waals surface area contributed by atoms with Crippen molar-refractivity contribution in [3.05, 3.63) is 77.7 Å². The number of amides is 1. The molecule has 4 heterocycles. The molecule has 6 rings (SSSR count). The Hall–Kier alpha value is -3.71. The molecule has 0 unspecified atom stereocenters. The first kappa shape index (κ1) is 22.7. The van der Waals surface area contributed by atoms with Crippen molar-refractivity contribution in [2.75, 3.05) is 19.8 Å². The molecular weight excluding hydrogens is 452 g/mol.